The summed E-state index contributed by atoms with van der Waals surface area (Å²) in [5.41, 5.74) is 6.17. The fourth-order valence-corrected chi connectivity index (χ4v) is 4.72. The SMILES string of the molecule is CCN1CCN(CC(=O)NC2C3CCCC2CC(N)C3)CC1.Cl.Cl. The van der Waals surface area contributed by atoms with Crippen LogP contribution in [0.3, 0.4) is 0 Å². The number of nitrogens with zero attached hydrogens (tertiary/aromatic N) is 2. The summed E-state index contributed by atoms with van der Waals surface area (Å²) >= 11 is 0. The van der Waals surface area contributed by atoms with E-state index in [1.807, 2.05) is 0 Å². The molecule has 3 fully saturated rings. The zero-order valence-corrected chi connectivity index (χ0v) is 16.4. The van der Waals surface area contributed by atoms with Gasteiger partial charge in [0.1, 0.15) is 0 Å². The van der Waals surface area contributed by atoms with Crippen molar-refractivity contribution < 1.29 is 4.79 Å². The van der Waals surface area contributed by atoms with Crippen LogP contribution in [0.4, 0.5) is 0 Å². The Kier molecular flexibility index (Phi) is 9.31. The maximum absolute atomic E-state index is 12.4. The van der Waals surface area contributed by atoms with Crippen LogP contribution in [0.15, 0.2) is 0 Å². The van der Waals surface area contributed by atoms with Gasteiger partial charge in [-0.2, -0.15) is 0 Å². The molecule has 3 rings (SSSR count). The van der Waals surface area contributed by atoms with Crippen LogP contribution < -0.4 is 11.1 Å². The van der Waals surface area contributed by atoms with Gasteiger partial charge in [-0.1, -0.05) is 13.3 Å². The number of fused-ring (bicyclic) bond motifs is 2. The maximum atomic E-state index is 12.4. The van der Waals surface area contributed by atoms with Gasteiger partial charge in [-0.3, -0.25) is 9.69 Å². The van der Waals surface area contributed by atoms with Crippen molar-refractivity contribution in [1.29, 1.82) is 0 Å². The molecule has 0 aromatic rings. The van der Waals surface area contributed by atoms with Crippen molar-refractivity contribution in [3.8, 4) is 0 Å². The predicted octanol–water partition coefficient (Wildman–Crippen LogP) is 1.49. The Morgan fingerprint density at radius 1 is 1.04 bits per heavy atom. The first-order valence-electron chi connectivity index (χ1n) is 9.15. The highest BCUT2D eigenvalue weighted by Crippen LogP contribution is 2.39. The Hall–Kier alpha value is -0.0700. The van der Waals surface area contributed by atoms with Crippen molar-refractivity contribution in [3.63, 3.8) is 0 Å². The molecule has 7 heteroatoms. The highest BCUT2D eigenvalue weighted by atomic mass is 35.5. The van der Waals surface area contributed by atoms with Gasteiger partial charge >= 0.3 is 0 Å². The number of amides is 1. The van der Waals surface area contributed by atoms with E-state index in [4.69, 9.17) is 5.73 Å². The number of carbonyl (C=O) groups is 1. The molecule has 3 aliphatic rings. The van der Waals surface area contributed by atoms with Crippen LogP contribution in [0.1, 0.15) is 39.0 Å². The summed E-state index contributed by atoms with van der Waals surface area (Å²) in [5, 5.41) is 3.36. The summed E-state index contributed by atoms with van der Waals surface area (Å²) in [7, 11) is 0. The molecule has 2 unspecified atom stereocenters. The van der Waals surface area contributed by atoms with E-state index >= 15 is 0 Å². The second-order valence-electron chi connectivity index (χ2n) is 7.49. The minimum atomic E-state index is 0. The minimum Gasteiger partial charge on any atom is -0.352 e. The molecule has 2 atom stereocenters. The monoisotopic (exact) mass is 380 g/mol. The average molecular weight is 381 g/mol. The summed E-state index contributed by atoms with van der Waals surface area (Å²) in [4.78, 5) is 17.2. The number of piperazine rings is 1. The molecule has 0 radical (unpaired) electrons. The molecule has 1 saturated heterocycles. The number of hydrogen-bond donors (Lipinski definition) is 2. The molecule has 1 heterocycles. The normalized spacial score (nSPS) is 33.9. The van der Waals surface area contributed by atoms with Gasteiger partial charge in [-0.25, -0.2) is 0 Å². The summed E-state index contributed by atoms with van der Waals surface area (Å²) in [6.45, 7) is 8.11. The molecule has 3 N–H and O–H groups in total. The van der Waals surface area contributed by atoms with Gasteiger partial charge in [0.05, 0.1) is 6.54 Å². The number of likely N-dealkylation sites (N-methyl/N-ethyl adjacent to an activating group) is 1. The van der Waals surface area contributed by atoms with E-state index in [9.17, 15) is 4.79 Å². The third kappa shape index (κ3) is 5.46. The Morgan fingerprint density at radius 3 is 2.12 bits per heavy atom. The summed E-state index contributed by atoms with van der Waals surface area (Å²) in [5.74, 6) is 1.45. The number of nitrogens with one attached hydrogen (secondary N) is 1. The second kappa shape index (κ2) is 10.2. The zero-order valence-electron chi connectivity index (χ0n) is 14.8. The molecule has 2 saturated carbocycles. The molecule has 5 nitrogen and oxygen atoms in total. The van der Waals surface area contributed by atoms with Gasteiger partial charge in [0.25, 0.3) is 0 Å². The van der Waals surface area contributed by atoms with Crippen LogP contribution in [0, 0.1) is 11.8 Å². The van der Waals surface area contributed by atoms with E-state index in [1.54, 1.807) is 0 Å². The van der Waals surface area contributed by atoms with Crippen molar-refractivity contribution >= 4 is 30.7 Å². The topological polar surface area (TPSA) is 61.6 Å². The number of rotatable bonds is 4. The Morgan fingerprint density at radius 2 is 1.58 bits per heavy atom. The summed E-state index contributed by atoms with van der Waals surface area (Å²) in [6.07, 6.45) is 5.98. The van der Waals surface area contributed by atoms with Gasteiger partial charge in [0.2, 0.25) is 5.91 Å². The van der Waals surface area contributed by atoms with Crippen LogP contribution in [-0.4, -0.2) is 67.1 Å². The fraction of sp³-hybridized carbons (Fsp3) is 0.941. The predicted molar refractivity (Wildman–Crippen MR) is 103 cm³/mol. The van der Waals surface area contributed by atoms with Gasteiger partial charge in [-0.05, 0) is 44.1 Å². The molecule has 0 aromatic heterocycles. The molecule has 142 valence electrons. The maximum Gasteiger partial charge on any atom is 0.234 e. The quantitative estimate of drug-likeness (QED) is 0.775. The van der Waals surface area contributed by atoms with Gasteiger partial charge < -0.3 is 16.0 Å². The van der Waals surface area contributed by atoms with E-state index < -0.39 is 0 Å². The van der Waals surface area contributed by atoms with Crippen LogP contribution in [0.25, 0.3) is 0 Å². The highest BCUT2D eigenvalue weighted by Gasteiger charge is 2.39. The Bertz CT molecular complexity index is 377. The number of nitrogens with two attached hydrogens (primary N) is 1. The Labute approximate surface area is 158 Å². The average Bonchev–Trinajstić information content (AvgIpc) is 2.49. The molecule has 2 aliphatic carbocycles. The highest BCUT2D eigenvalue weighted by molar-refractivity contribution is 5.85. The van der Waals surface area contributed by atoms with Crippen molar-refractivity contribution in [2.75, 3.05) is 39.3 Å². The molecule has 24 heavy (non-hydrogen) atoms. The lowest BCUT2D eigenvalue weighted by atomic mass is 9.67. The second-order valence-corrected chi connectivity index (χ2v) is 7.49. The number of carbonyl (C=O) groups excluding carboxylic acids is 1. The molecule has 0 aromatic carbocycles. The molecule has 2 bridgehead atoms. The molecule has 0 spiro atoms. The molecular weight excluding hydrogens is 347 g/mol. The van der Waals surface area contributed by atoms with E-state index in [0.717, 1.165) is 45.6 Å². The first kappa shape index (κ1) is 22.0. The lowest BCUT2D eigenvalue weighted by molar-refractivity contribution is -0.125. The van der Waals surface area contributed by atoms with Crippen molar-refractivity contribution in [1.82, 2.24) is 15.1 Å². The fourth-order valence-electron chi connectivity index (χ4n) is 4.72. The van der Waals surface area contributed by atoms with Crippen molar-refractivity contribution in [2.24, 2.45) is 17.6 Å². The van der Waals surface area contributed by atoms with E-state index in [0.29, 0.717) is 30.5 Å². The standard InChI is InChI=1S/C17H32N4O.2ClH/c1-2-20-6-8-21(9-7-20)12-16(22)19-17-13-4-3-5-14(17)11-15(18)10-13;;/h13-15,17H,2-12,18H2,1H3,(H,19,22);2*1H. The summed E-state index contributed by atoms with van der Waals surface area (Å²) in [6, 6.07) is 0.739. The van der Waals surface area contributed by atoms with Crippen LogP contribution in [-0.2, 0) is 4.79 Å². The van der Waals surface area contributed by atoms with Gasteiger partial charge in [0.15, 0.2) is 0 Å². The number of halogens is 2. The largest absolute Gasteiger partial charge is 0.352 e. The van der Waals surface area contributed by atoms with Crippen LogP contribution in [0.2, 0.25) is 0 Å². The lowest BCUT2D eigenvalue weighted by Crippen LogP contribution is -2.56. The van der Waals surface area contributed by atoms with E-state index in [2.05, 4.69) is 22.0 Å². The lowest BCUT2D eigenvalue weighted by Gasteiger charge is -2.45. The molecule has 1 amide bonds. The first-order chi connectivity index (χ1) is 10.7. The summed E-state index contributed by atoms with van der Waals surface area (Å²) < 4.78 is 0. The van der Waals surface area contributed by atoms with Crippen molar-refractivity contribution in [3.05, 3.63) is 0 Å². The van der Waals surface area contributed by atoms with Gasteiger partial charge in [-0.15, -0.1) is 24.8 Å². The first-order valence-corrected chi connectivity index (χ1v) is 9.15. The van der Waals surface area contributed by atoms with E-state index in [-0.39, 0.29) is 30.7 Å². The van der Waals surface area contributed by atoms with Crippen LogP contribution >= 0.6 is 24.8 Å². The third-order valence-electron chi connectivity index (χ3n) is 5.98. The number of hydrogen-bond acceptors (Lipinski definition) is 4. The van der Waals surface area contributed by atoms with Crippen LogP contribution in [0.5, 0.6) is 0 Å². The molecule has 1 aliphatic heterocycles. The minimum absolute atomic E-state index is 0. The van der Waals surface area contributed by atoms with Gasteiger partial charge in [0, 0.05) is 38.3 Å². The smallest absolute Gasteiger partial charge is 0.234 e. The van der Waals surface area contributed by atoms with E-state index in [1.165, 1.54) is 19.3 Å². The van der Waals surface area contributed by atoms with Crippen molar-refractivity contribution in [2.45, 2.75) is 51.1 Å². The molecular formula is C17H34Cl2N4O. The Balaban J connectivity index is 0.00000144. The third-order valence-corrected chi connectivity index (χ3v) is 5.98. The zero-order chi connectivity index (χ0) is 15.5.